The van der Waals surface area contributed by atoms with Gasteiger partial charge in [0.05, 0.1) is 5.69 Å². The molecular weight excluding hydrogens is 298 g/mol. The van der Waals surface area contributed by atoms with Crippen molar-refractivity contribution in [3.63, 3.8) is 0 Å². The molecule has 0 saturated carbocycles. The number of hydrogen-bond donors (Lipinski definition) is 0. The number of benzene rings is 1. The highest BCUT2D eigenvalue weighted by Gasteiger charge is 2.28. The molecule has 0 bridgehead atoms. The van der Waals surface area contributed by atoms with Crippen molar-refractivity contribution in [3.05, 3.63) is 41.8 Å². The number of hydrogen-bond acceptors (Lipinski definition) is 4. The molecule has 3 heterocycles. The van der Waals surface area contributed by atoms with E-state index >= 15 is 0 Å². The van der Waals surface area contributed by atoms with Gasteiger partial charge in [-0.1, -0.05) is 17.7 Å². The quantitative estimate of drug-likeness (QED) is 0.839. The third-order valence-corrected chi connectivity index (χ3v) is 5.38. The number of aromatic nitrogens is 1. The van der Waals surface area contributed by atoms with Gasteiger partial charge >= 0.3 is 0 Å². The molecule has 0 aliphatic carbocycles. The molecule has 4 nitrogen and oxygen atoms in total. The minimum Gasteiger partial charge on any atom is -0.444 e. The lowest BCUT2D eigenvalue weighted by molar-refractivity contribution is 0.184. The molecule has 2 aliphatic rings. The number of nitrogens with zero attached hydrogens (tertiary/aromatic N) is 3. The van der Waals surface area contributed by atoms with Crippen molar-refractivity contribution in [1.29, 1.82) is 0 Å². The number of oxazole rings is 1. The fourth-order valence-electron chi connectivity index (χ4n) is 3.99. The zero-order chi connectivity index (χ0) is 16.4. The number of likely N-dealkylation sites (tertiary alicyclic amines) is 2. The lowest BCUT2D eigenvalue weighted by Crippen LogP contribution is -2.38. The van der Waals surface area contributed by atoms with Gasteiger partial charge in [-0.25, -0.2) is 4.98 Å². The maximum Gasteiger partial charge on any atom is 0.226 e. The number of aryl methyl sites for hydroxylation is 1. The Labute approximate surface area is 144 Å². The van der Waals surface area contributed by atoms with Crippen LogP contribution in [-0.2, 0) is 6.54 Å². The van der Waals surface area contributed by atoms with Gasteiger partial charge in [0.1, 0.15) is 6.26 Å². The van der Waals surface area contributed by atoms with E-state index in [9.17, 15) is 0 Å². The second kappa shape index (κ2) is 7.08. The Morgan fingerprint density at radius 1 is 1.08 bits per heavy atom. The van der Waals surface area contributed by atoms with Crippen LogP contribution < -0.4 is 0 Å². The Balaban J connectivity index is 1.40. The fraction of sp³-hybridized carbons (Fsp3) is 0.550. The van der Waals surface area contributed by atoms with Crippen LogP contribution in [0.3, 0.4) is 0 Å². The molecule has 128 valence electrons. The fourth-order valence-corrected chi connectivity index (χ4v) is 3.99. The van der Waals surface area contributed by atoms with E-state index < -0.39 is 0 Å². The summed E-state index contributed by atoms with van der Waals surface area (Å²) >= 11 is 0. The molecule has 24 heavy (non-hydrogen) atoms. The van der Waals surface area contributed by atoms with Gasteiger partial charge in [-0.2, -0.15) is 0 Å². The molecule has 0 N–H and O–H groups in total. The van der Waals surface area contributed by atoms with Crippen LogP contribution in [0.2, 0.25) is 0 Å². The standard InChI is InChI=1S/C20H27N3O/c1-16-6-8-17(9-7-16)20-21-18(15-24-20)13-23-12-4-5-19(23)14-22-10-2-3-11-22/h6-9,15,19H,2-5,10-14H2,1H3/t19-/m0/s1. The van der Waals surface area contributed by atoms with Crippen LogP contribution >= 0.6 is 0 Å². The predicted octanol–water partition coefficient (Wildman–Crippen LogP) is 3.71. The maximum absolute atomic E-state index is 5.72. The summed E-state index contributed by atoms with van der Waals surface area (Å²) in [6.07, 6.45) is 7.20. The summed E-state index contributed by atoms with van der Waals surface area (Å²) < 4.78 is 5.72. The van der Waals surface area contributed by atoms with Crippen molar-refractivity contribution in [2.45, 2.75) is 45.2 Å². The molecule has 2 aliphatic heterocycles. The second-order valence-corrected chi connectivity index (χ2v) is 7.28. The van der Waals surface area contributed by atoms with Crippen LogP contribution in [0.25, 0.3) is 11.5 Å². The maximum atomic E-state index is 5.72. The van der Waals surface area contributed by atoms with Crippen LogP contribution in [0.15, 0.2) is 34.9 Å². The van der Waals surface area contributed by atoms with Crippen molar-refractivity contribution >= 4 is 0 Å². The molecule has 1 aromatic carbocycles. The molecule has 2 aromatic rings. The van der Waals surface area contributed by atoms with Gasteiger partial charge in [-0.3, -0.25) is 4.90 Å². The summed E-state index contributed by atoms with van der Waals surface area (Å²) in [6.45, 7) is 7.98. The van der Waals surface area contributed by atoms with Crippen molar-refractivity contribution in [3.8, 4) is 11.5 Å². The summed E-state index contributed by atoms with van der Waals surface area (Å²) in [6, 6.07) is 9.05. The Kier molecular flexibility index (Phi) is 4.67. The average molecular weight is 325 g/mol. The van der Waals surface area contributed by atoms with Crippen molar-refractivity contribution < 1.29 is 4.42 Å². The first-order valence-electron chi connectivity index (χ1n) is 9.26. The van der Waals surface area contributed by atoms with E-state index in [0.717, 1.165) is 23.7 Å². The van der Waals surface area contributed by atoms with Gasteiger partial charge in [0.15, 0.2) is 0 Å². The van der Waals surface area contributed by atoms with E-state index in [4.69, 9.17) is 9.40 Å². The summed E-state index contributed by atoms with van der Waals surface area (Å²) in [5, 5.41) is 0. The molecule has 2 fully saturated rings. The molecule has 4 rings (SSSR count). The third-order valence-electron chi connectivity index (χ3n) is 5.38. The molecule has 0 radical (unpaired) electrons. The Morgan fingerprint density at radius 3 is 2.67 bits per heavy atom. The van der Waals surface area contributed by atoms with Gasteiger partial charge < -0.3 is 9.32 Å². The van der Waals surface area contributed by atoms with Crippen LogP contribution in [0, 0.1) is 6.92 Å². The van der Waals surface area contributed by atoms with Crippen LogP contribution in [-0.4, -0.2) is 47.0 Å². The zero-order valence-electron chi connectivity index (χ0n) is 14.6. The lowest BCUT2D eigenvalue weighted by Gasteiger charge is -2.27. The van der Waals surface area contributed by atoms with Gasteiger partial charge in [0, 0.05) is 24.7 Å². The van der Waals surface area contributed by atoms with Crippen molar-refractivity contribution in [2.75, 3.05) is 26.2 Å². The molecule has 4 heteroatoms. The number of rotatable bonds is 5. The molecular formula is C20H27N3O. The van der Waals surface area contributed by atoms with Crippen LogP contribution in [0.1, 0.15) is 36.9 Å². The average Bonchev–Trinajstić information content (AvgIpc) is 3.32. The minimum absolute atomic E-state index is 0.683. The van der Waals surface area contributed by atoms with Crippen LogP contribution in [0.4, 0.5) is 0 Å². The highest BCUT2D eigenvalue weighted by Crippen LogP contribution is 2.24. The summed E-state index contributed by atoms with van der Waals surface area (Å²) in [5.41, 5.74) is 3.37. The molecule has 0 amide bonds. The van der Waals surface area contributed by atoms with E-state index in [-0.39, 0.29) is 0 Å². The minimum atomic E-state index is 0.683. The van der Waals surface area contributed by atoms with E-state index in [0.29, 0.717) is 6.04 Å². The third kappa shape index (κ3) is 3.55. The van der Waals surface area contributed by atoms with Crippen LogP contribution in [0.5, 0.6) is 0 Å². The monoisotopic (exact) mass is 325 g/mol. The highest BCUT2D eigenvalue weighted by atomic mass is 16.3. The first-order chi connectivity index (χ1) is 11.8. The van der Waals surface area contributed by atoms with E-state index in [1.54, 1.807) is 0 Å². The normalized spacial score (nSPS) is 22.5. The molecule has 1 atom stereocenters. The zero-order valence-corrected chi connectivity index (χ0v) is 14.6. The molecule has 1 aromatic heterocycles. The lowest BCUT2D eigenvalue weighted by atomic mass is 10.1. The van der Waals surface area contributed by atoms with Gasteiger partial charge in [0.25, 0.3) is 0 Å². The van der Waals surface area contributed by atoms with E-state index in [1.165, 1.54) is 57.4 Å². The Hall–Kier alpha value is -1.65. The predicted molar refractivity (Wildman–Crippen MR) is 95.8 cm³/mol. The summed E-state index contributed by atoms with van der Waals surface area (Å²) in [5.74, 6) is 0.736. The van der Waals surface area contributed by atoms with E-state index in [2.05, 4.69) is 41.0 Å². The molecule has 0 unspecified atom stereocenters. The van der Waals surface area contributed by atoms with Gasteiger partial charge in [-0.15, -0.1) is 0 Å². The van der Waals surface area contributed by atoms with E-state index in [1.807, 2.05) is 6.26 Å². The molecule has 0 spiro atoms. The SMILES string of the molecule is Cc1ccc(-c2nc(CN3CCC[C@H]3CN3CCCC3)co2)cc1. The molecule has 2 saturated heterocycles. The Morgan fingerprint density at radius 2 is 1.88 bits per heavy atom. The van der Waals surface area contributed by atoms with Gasteiger partial charge in [0.2, 0.25) is 5.89 Å². The largest absolute Gasteiger partial charge is 0.444 e. The van der Waals surface area contributed by atoms with Crippen molar-refractivity contribution in [2.24, 2.45) is 0 Å². The Bertz CT molecular complexity index is 658. The first kappa shape index (κ1) is 15.9. The van der Waals surface area contributed by atoms with Gasteiger partial charge in [-0.05, 0) is 64.4 Å². The second-order valence-electron chi connectivity index (χ2n) is 7.28. The van der Waals surface area contributed by atoms with Crippen molar-refractivity contribution in [1.82, 2.24) is 14.8 Å². The summed E-state index contributed by atoms with van der Waals surface area (Å²) in [7, 11) is 0. The highest BCUT2D eigenvalue weighted by molar-refractivity contribution is 5.53. The smallest absolute Gasteiger partial charge is 0.226 e. The topological polar surface area (TPSA) is 32.5 Å². The first-order valence-corrected chi connectivity index (χ1v) is 9.26. The summed E-state index contributed by atoms with van der Waals surface area (Å²) in [4.78, 5) is 9.94.